The average molecular weight is 577 g/mol. The van der Waals surface area contributed by atoms with Gasteiger partial charge in [-0.15, -0.1) is 0 Å². The third kappa shape index (κ3) is 2.97. The smallest absolute Gasteiger partial charge is 0.268 e. The molecule has 1 spiro atoms. The van der Waals surface area contributed by atoms with Crippen LogP contribution in [0.5, 0.6) is 0 Å². The number of aromatic nitrogens is 1. The number of rotatable bonds is 2. The molecule has 1 fully saturated rings. The maximum absolute atomic E-state index is 14.2. The van der Waals surface area contributed by atoms with Gasteiger partial charge in [-0.1, -0.05) is 39.7 Å². The van der Waals surface area contributed by atoms with Crippen molar-refractivity contribution in [2.24, 2.45) is 0 Å². The van der Waals surface area contributed by atoms with E-state index in [1.54, 1.807) is 23.2 Å². The van der Waals surface area contributed by atoms with E-state index in [4.69, 9.17) is 0 Å². The molecular weight excluding hydrogens is 550 g/mol. The largest absolute Gasteiger partial charge is 0.367 e. The van der Waals surface area contributed by atoms with E-state index in [0.29, 0.717) is 11.9 Å². The van der Waals surface area contributed by atoms with E-state index in [2.05, 4.69) is 33.0 Å². The molecule has 0 N–H and O–H groups in total. The van der Waals surface area contributed by atoms with Crippen molar-refractivity contribution in [3.63, 3.8) is 0 Å². The van der Waals surface area contributed by atoms with E-state index >= 15 is 0 Å². The molecule has 2 unspecified atom stereocenters. The van der Waals surface area contributed by atoms with Crippen molar-refractivity contribution in [3.8, 4) is 0 Å². The number of hydrogen-bond acceptors (Lipinski definition) is 4. The minimum atomic E-state index is -3.83. The molecule has 3 aliphatic rings. The minimum absolute atomic E-state index is 0.00171. The Hall–Kier alpha value is -3.10. The summed E-state index contributed by atoms with van der Waals surface area (Å²) in [4.78, 5) is 18.6. The fourth-order valence-corrected chi connectivity index (χ4v) is 8.62. The molecular formula is C29H26BrN3O3S. The number of benzene rings is 3. The van der Waals surface area contributed by atoms with E-state index in [1.165, 1.54) is 3.97 Å². The van der Waals surface area contributed by atoms with Crippen LogP contribution in [0.2, 0.25) is 0 Å². The van der Waals surface area contributed by atoms with Crippen LogP contribution >= 0.6 is 15.9 Å². The monoisotopic (exact) mass is 575 g/mol. The zero-order valence-corrected chi connectivity index (χ0v) is 23.0. The number of carbonyl (C=O) groups excluding carboxylic acids is 1. The van der Waals surface area contributed by atoms with Gasteiger partial charge in [0.15, 0.2) is 0 Å². The molecule has 8 heteroatoms. The second-order valence-electron chi connectivity index (χ2n) is 10.5. The summed E-state index contributed by atoms with van der Waals surface area (Å²) in [5.41, 5.74) is 4.72. The van der Waals surface area contributed by atoms with Crippen molar-refractivity contribution in [2.75, 3.05) is 23.4 Å². The Bertz CT molecular complexity index is 1730. The molecule has 1 aromatic heterocycles. The maximum atomic E-state index is 14.2. The van der Waals surface area contributed by atoms with Crippen LogP contribution in [-0.4, -0.2) is 37.9 Å². The van der Waals surface area contributed by atoms with E-state index in [9.17, 15) is 13.2 Å². The van der Waals surface area contributed by atoms with Crippen molar-refractivity contribution in [2.45, 2.75) is 42.5 Å². The van der Waals surface area contributed by atoms with Gasteiger partial charge < -0.3 is 9.80 Å². The molecule has 3 aliphatic heterocycles. The zero-order chi connectivity index (χ0) is 25.7. The van der Waals surface area contributed by atoms with Gasteiger partial charge in [-0.25, -0.2) is 12.4 Å². The van der Waals surface area contributed by atoms with E-state index < -0.39 is 15.4 Å². The van der Waals surface area contributed by atoms with Crippen LogP contribution in [0.15, 0.2) is 76.2 Å². The molecule has 3 aromatic carbocycles. The number of amides is 1. The Morgan fingerprint density at radius 1 is 1.03 bits per heavy atom. The fraction of sp³-hybridized carbons (Fsp3) is 0.276. The van der Waals surface area contributed by atoms with E-state index in [1.807, 2.05) is 50.4 Å². The highest BCUT2D eigenvalue weighted by atomic mass is 79.9. The topological polar surface area (TPSA) is 62.6 Å². The summed E-state index contributed by atoms with van der Waals surface area (Å²) in [6.45, 7) is 2.77. The molecule has 2 atom stereocenters. The Morgan fingerprint density at radius 3 is 2.59 bits per heavy atom. The van der Waals surface area contributed by atoms with Crippen LogP contribution < -0.4 is 9.80 Å². The first kappa shape index (κ1) is 23.0. The molecule has 188 valence electrons. The number of aryl methyl sites for hydroxylation is 1. The molecule has 4 heterocycles. The Labute approximate surface area is 224 Å². The highest BCUT2D eigenvalue weighted by Crippen LogP contribution is 2.54. The second-order valence-corrected chi connectivity index (χ2v) is 13.2. The third-order valence-corrected chi connectivity index (χ3v) is 10.7. The molecule has 4 aromatic rings. The van der Waals surface area contributed by atoms with Gasteiger partial charge in [-0.2, -0.15) is 0 Å². The lowest BCUT2D eigenvalue weighted by atomic mass is 9.70. The Balaban J connectivity index is 1.51. The molecule has 1 saturated heterocycles. The summed E-state index contributed by atoms with van der Waals surface area (Å²) in [6.07, 6.45) is 4.11. The predicted octanol–water partition coefficient (Wildman–Crippen LogP) is 5.39. The highest BCUT2D eigenvalue weighted by Gasteiger charge is 2.58. The average Bonchev–Trinajstić information content (AvgIpc) is 3.54. The second kappa shape index (κ2) is 7.71. The quantitative estimate of drug-likeness (QED) is 0.321. The van der Waals surface area contributed by atoms with E-state index in [0.717, 1.165) is 57.3 Å². The first-order valence-electron chi connectivity index (χ1n) is 12.5. The molecule has 7 rings (SSSR count). The summed E-state index contributed by atoms with van der Waals surface area (Å²) in [5, 5.41) is 0.931. The number of hydrogen-bond donors (Lipinski definition) is 0. The standard InChI is InChI=1S/C29H26BrN3O3S/c1-18-8-11-21(12-9-18)37(35,36)33-17-19-16-29(22-15-20(30)10-13-23(22)31(2)28(29)34)26-7-4-14-32(26)24-5-3-6-25(33)27(19)24/h3,5-6,8-13,15,17,26H,4,7,14,16H2,1-2H3. The third-order valence-electron chi connectivity index (χ3n) is 8.52. The predicted molar refractivity (Wildman–Crippen MR) is 149 cm³/mol. The Morgan fingerprint density at radius 2 is 1.81 bits per heavy atom. The lowest BCUT2D eigenvalue weighted by molar-refractivity contribution is -0.123. The number of carbonyl (C=O) groups is 1. The van der Waals surface area contributed by atoms with Crippen LogP contribution in [0.3, 0.4) is 0 Å². The summed E-state index contributed by atoms with van der Waals surface area (Å²) < 4.78 is 30.1. The molecule has 37 heavy (non-hydrogen) atoms. The van der Waals surface area contributed by atoms with Crippen molar-refractivity contribution in [1.29, 1.82) is 0 Å². The zero-order valence-electron chi connectivity index (χ0n) is 20.6. The lowest BCUT2D eigenvalue weighted by Gasteiger charge is -2.39. The molecule has 6 nitrogen and oxygen atoms in total. The van der Waals surface area contributed by atoms with Crippen molar-refractivity contribution >= 4 is 54.1 Å². The first-order chi connectivity index (χ1) is 17.7. The fourth-order valence-electron chi connectivity index (χ4n) is 6.87. The normalized spacial score (nSPS) is 22.6. The van der Waals surface area contributed by atoms with Gasteiger partial charge in [0, 0.05) is 47.1 Å². The summed E-state index contributed by atoms with van der Waals surface area (Å²) >= 11 is 3.64. The molecule has 0 radical (unpaired) electrons. The maximum Gasteiger partial charge on any atom is 0.268 e. The van der Waals surface area contributed by atoms with Crippen LogP contribution in [0.25, 0.3) is 10.9 Å². The lowest BCUT2D eigenvalue weighted by Crippen LogP contribution is -2.54. The molecule has 0 aliphatic carbocycles. The molecule has 0 bridgehead atoms. The van der Waals surface area contributed by atoms with Gasteiger partial charge in [0.05, 0.1) is 10.4 Å². The number of anilines is 2. The van der Waals surface area contributed by atoms with Crippen LogP contribution in [0.1, 0.15) is 29.5 Å². The number of likely N-dealkylation sites (N-methyl/N-ethyl adjacent to an activating group) is 1. The number of fused-ring (bicyclic) bond motifs is 5. The molecule has 0 saturated carbocycles. The SMILES string of the molecule is Cc1ccc(S(=O)(=O)n2cc3c4c(cccc42)N2CCCC2C2(C3)C(=O)N(C)c3ccc(Br)cc32)cc1. The van der Waals surface area contributed by atoms with E-state index in [-0.39, 0.29) is 16.8 Å². The van der Waals surface area contributed by atoms with Crippen LogP contribution in [-0.2, 0) is 26.7 Å². The minimum Gasteiger partial charge on any atom is -0.367 e. The van der Waals surface area contributed by atoms with Crippen molar-refractivity contribution < 1.29 is 13.2 Å². The number of halogens is 1. The molecule has 1 amide bonds. The summed E-state index contributed by atoms with van der Waals surface area (Å²) in [5.74, 6) is 0.0765. The first-order valence-corrected chi connectivity index (χ1v) is 14.8. The number of nitrogens with zero attached hydrogens (tertiary/aromatic N) is 3. The van der Waals surface area contributed by atoms with Crippen LogP contribution in [0, 0.1) is 6.92 Å². The van der Waals surface area contributed by atoms with Crippen molar-refractivity contribution in [1.82, 2.24) is 3.97 Å². The van der Waals surface area contributed by atoms with Gasteiger partial charge in [0.2, 0.25) is 5.91 Å². The van der Waals surface area contributed by atoms with Gasteiger partial charge in [0.1, 0.15) is 5.41 Å². The van der Waals surface area contributed by atoms with Gasteiger partial charge in [-0.3, -0.25) is 4.79 Å². The van der Waals surface area contributed by atoms with Gasteiger partial charge in [-0.05, 0) is 79.8 Å². The highest BCUT2D eigenvalue weighted by molar-refractivity contribution is 9.10. The van der Waals surface area contributed by atoms with Crippen LogP contribution in [0.4, 0.5) is 11.4 Å². The summed E-state index contributed by atoms with van der Waals surface area (Å²) in [7, 11) is -1.97. The van der Waals surface area contributed by atoms with Gasteiger partial charge in [0.25, 0.3) is 10.0 Å². The van der Waals surface area contributed by atoms with Gasteiger partial charge >= 0.3 is 0 Å². The van der Waals surface area contributed by atoms with Crippen molar-refractivity contribution in [3.05, 3.63) is 88.0 Å². The Kier molecular flexibility index (Phi) is 4.80. The summed E-state index contributed by atoms with van der Waals surface area (Å²) in [6, 6.07) is 18.9.